The van der Waals surface area contributed by atoms with Gasteiger partial charge >= 0.3 is 18.1 Å². The number of urea groups is 1. The number of halogens is 4. The van der Waals surface area contributed by atoms with Crippen molar-refractivity contribution in [3.05, 3.63) is 28.3 Å². The third-order valence-corrected chi connectivity index (χ3v) is 5.97. The number of nitrogens with zero attached hydrogens (tertiary/aromatic N) is 4. The van der Waals surface area contributed by atoms with Crippen LogP contribution in [0.1, 0.15) is 17.5 Å². The molecule has 3 fully saturated rings. The molecule has 1 aromatic rings. The summed E-state index contributed by atoms with van der Waals surface area (Å²) in [7, 11) is 0. The molecule has 28 heavy (non-hydrogen) atoms. The predicted octanol–water partition coefficient (Wildman–Crippen LogP) is 2.20. The number of imide groups is 1. The van der Waals surface area contributed by atoms with Crippen molar-refractivity contribution in [3.63, 3.8) is 0 Å². The molecule has 4 amide bonds. The van der Waals surface area contributed by atoms with Crippen molar-refractivity contribution in [2.75, 3.05) is 11.4 Å². The third kappa shape index (κ3) is 2.32. The zero-order valence-corrected chi connectivity index (χ0v) is 15.1. The van der Waals surface area contributed by atoms with Crippen LogP contribution in [0.2, 0.25) is 5.02 Å². The lowest BCUT2D eigenvalue weighted by Crippen LogP contribution is -2.57. The number of anilines is 1. The van der Waals surface area contributed by atoms with Crippen molar-refractivity contribution in [3.8, 4) is 6.07 Å². The highest BCUT2D eigenvalue weighted by atomic mass is 35.5. The van der Waals surface area contributed by atoms with E-state index in [2.05, 4.69) is 0 Å². The van der Waals surface area contributed by atoms with Gasteiger partial charge in [0.1, 0.15) is 12.1 Å². The number of hydrogen-bond acceptors (Lipinski definition) is 4. The summed E-state index contributed by atoms with van der Waals surface area (Å²) in [5.74, 6) is -2.71. The van der Waals surface area contributed by atoms with E-state index in [1.807, 2.05) is 6.07 Å². The monoisotopic (exact) mass is 412 g/mol. The summed E-state index contributed by atoms with van der Waals surface area (Å²) in [6, 6.07) is 1.16. The SMILES string of the molecule is Cc1c(N2C(=O)[C@H]3C4C[C@H](CN4C(=O)C(F)(F)F)N3C2=O)ccc(C#N)c1Cl. The molecule has 1 unspecified atom stereocenters. The fraction of sp³-hybridized carbons (Fsp3) is 0.412. The van der Waals surface area contributed by atoms with E-state index in [9.17, 15) is 27.6 Å². The minimum Gasteiger partial charge on any atom is -0.327 e. The van der Waals surface area contributed by atoms with Gasteiger partial charge in [0.05, 0.1) is 28.4 Å². The molecule has 1 aromatic carbocycles. The Hall–Kier alpha value is -2.80. The minimum absolute atomic E-state index is 0.0875. The van der Waals surface area contributed by atoms with E-state index in [-0.39, 0.29) is 29.2 Å². The first-order chi connectivity index (χ1) is 13.1. The van der Waals surface area contributed by atoms with Gasteiger partial charge in [0.25, 0.3) is 5.91 Å². The molecule has 7 nitrogen and oxygen atoms in total. The summed E-state index contributed by atoms with van der Waals surface area (Å²) in [5.41, 5.74) is 0.671. The Morgan fingerprint density at radius 3 is 2.61 bits per heavy atom. The van der Waals surface area contributed by atoms with Crippen LogP contribution in [0.3, 0.4) is 0 Å². The summed E-state index contributed by atoms with van der Waals surface area (Å²) >= 11 is 6.11. The van der Waals surface area contributed by atoms with Gasteiger partial charge in [0.15, 0.2) is 0 Å². The lowest BCUT2D eigenvalue weighted by Gasteiger charge is -2.35. The number of rotatable bonds is 1. The van der Waals surface area contributed by atoms with Crippen LogP contribution < -0.4 is 4.90 Å². The zero-order valence-electron chi connectivity index (χ0n) is 14.3. The molecule has 146 valence electrons. The molecule has 4 rings (SSSR count). The number of carbonyl (C=O) groups excluding carboxylic acids is 3. The number of piperazine rings is 1. The van der Waals surface area contributed by atoms with Crippen molar-refractivity contribution in [2.24, 2.45) is 0 Å². The van der Waals surface area contributed by atoms with Gasteiger partial charge in [-0.3, -0.25) is 9.59 Å². The second-order valence-electron chi connectivity index (χ2n) is 6.90. The number of alkyl halides is 3. The maximum Gasteiger partial charge on any atom is 0.471 e. The van der Waals surface area contributed by atoms with Crippen molar-refractivity contribution >= 4 is 35.1 Å². The van der Waals surface area contributed by atoms with E-state index in [0.717, 1.165) is 4.90 Å². The number of fused-ring (bicyclic) bond motifs is 5. The molecule has 3 aliphatic rings. The number of likely N-dealkylation sites (tertiary alicyclic amines) is 1. The molecular weight excluding hydrogens is 401 g/mol. The van der Waals surface area contributed by atoms with Crippen LogP contribution in [-0.4, -0.2) is 58.5 Å². The first kappa shape index (κ1) is 18.6. The van der Waals surface area contributed by atoms with Crippen molar-refractivity contribution in [1.29, 1.82) is 5.26 Å². The molecule has 3 aliphatic heterocycles. The molecule has 0 N–H and O–H groups in total. The summed E-state index contributed by atoms with van der Waals surface area (Å²) in [6.45, 7) is 1.27. The van der Waals surface area contributed by atoms with E-state index in [0.29, 0.717) is 10.5 Å². The molecule has 0 aliphatic carbocycles. The first-order valence-corrected chi connectivity index (χ1v) is 8.69. The van der Waals surface area contributed by atoms with Crippen LogP contribution in [0.15, 0.2) is 12.1 Å². The van der Waals surface area contributed by atoms with E-state index >= 15 is 0 Å². The number of benzene rings is 1. The maximum atomic E-state index is 13.0. The van der Waals surface area contributed by atoms with Gasteiger partial charge in [-0.25, -0.2) is 9.69 Å². The van der Waals surface area contributed by atoms with Crippen LogP contribution in [0.5, 0.6) is 0 Å². The highest BCUT2D eigenvalue weighted by Crippen LogP contribution is 2.44. The Labute approximate surface area is 161 Å². The number of nitriles is 1. The Morgan fingerprint density at radius 2 is 2.00 bits per heavy atom. The third-order valence-electron chi connectivity index (χ3n) is 5.49. The minimum atomic E-state index is -5.04. The van der Waals surface area contributed by atoms with Crippen LogP contribution in [0, 0.1) is 18.3 Å². The Morgan fingerprint density at radius 1 is 1.32 bits per heavy atom. The fourth-order valence-electron chi connectivity index (χ4n) is 4.28. The van der Waals surface area contributed by atoms with Crippen LogP contribution in [0.25, 0.3) is 0 Å². The topological polar surface area (TPSA) is 84.7 Å². The highest BCUT2D eigenvalue weighted by molar-refractivity contribution is 6.33. The molecule has 3 heterocycles. The number of carbonyl (C=O) groups is 3. The highest BCUT2D eigenvalue weighted by Gasteiger charge is 2.64. The number of hydrogen-bond donors (Lipinski definition) is 0. The van der Waals surface area contributed by atoms with Gasteiger partial charge in [-0.05, 0) is 31.0 Å². The first-order valence-electron chi connectivity index (χ1n) is 8.31. The van der Waals surface area contributed by atoms with E-state index in [1.54, 1.807) is 0 Å². The molecule has 11 heteroatoms. The molecule has 0 radical (unpaired) electrons. The van der Waals surface area contributed by atoms with Crippen LogP contribution in [-0.2, 0) is 9.59 Å². The van der Waals surface area contributed by atoms with Crippen molar-refractivity contribution in [2.45, 2.75) is 37.6 Å². The van der Waals surface area contributed by atoms with Crippen molar-refractivity contribution in [1.82, 2.24) is 9.80 Å². The Kier molecular flexibility index (Phi) is 3.88. The van der Waals surface area contributed by atoms with Gasteiger partial charge < -0.3 is 9.80 Å². The second-order valence-corrected chi connectivity index (χ2v) is 7.28. The molecule has 0 aromatic heterocycles. The van der Waals surface area contributed by atoms with Crippen LogP contribution in [0.4, 0.5) is 23.7 Å². The average Bonchev–Trinajstić information content (AvgIpc) is 3.28. The normalized spacial score (nSPS) is 26.1. The van der Waals surface area contributed by atoms with E-state index in [4.69, 9.17) is 16.9 Å². The predicted molar refractivity (Wildman–Crippen MR) is 89.4 cm³/mol. The van der Waals surface area contributed by atoms with Gasteiger partial charge in [0, 0.05) is 6.54 Å². The molecule has 3 atom stereocenters. The smallest absolute Gasteiger partial charge is 0.327 e. The maximum absolute atomic E-state index is 13.0. The van der Waals surface area contributed by atoms with Gasteiger partial charge in [-0.15, -0.1) is 0 Å². The summed E-state index contributed by atoms with van der Waals surface area (Å²) in [4.78, 5) is 40.3. The fourth-order valence-corrected chi connectivity index (χ4v) is 4.48. The van der Waals surface area contributed by atoms with Gasteiger partial charge in [-0.2, -0.15) is 18.4 Å². The standard InChI is InChI=1S/C17H12ClF3N4O3/c1-7-10(3-2-8(5-22)12(7)18)25-14(26)13-11-4-9(24(13)16(25)28)6-23(11)15(27)17(19,20)21/h2-3,9,11,13H,4,6H2,1H3/t9-,11?,13-/m1/s1. The molecule has 2 bridgehead atoms. The zero-order chi connectivity index (χ0) is 20.5. The number of amides is 4. The summed E-state index contributed by atoms with van der Waals surface area (Å²) in [6.07, 6.45) is -4.91. The summed E-state index contributed by atoms with van der Waals surface area (Å²) < 4.78 is 38.5. The summed E-state index contributed by atoms with van der Waals surface area (Å²) in [5, 5.41) is 9.13. The van der Waals surface area contributed by atoms with Crippen LogP contribution >= 0.6 is 11.6 Å². The van der Waals surface area contributed by atoms with Gasteiger partial charge in [0.2, 0.25) is 0 Å². The average molecular weight is 413 g/mol. The molecular formula is C17H12ClF3N4O3. The molecule has 0 saturated carbocycles. The van der Waals surface area contributed by atoms with Crippen molar-refractivity contribution < 1.29 is 27.6 Å². The molecule has 3 saturated heterocycles. The van der Waals surface area contributed by atoms with E-state index in [1.165, 1.54) is 24.0 Å². The lowest BCUT2D eigenvalue weighted by molar-refractivity contribution is -0.188. The van der Waals surface area contributed by atoms with E-state index < -0.39 is 42.1 Å². The quantitative estimate of drug-likeness (QED) is 0.662. The second kappa shape index (κ2) is 5.85. The van der Waals surface area contributed by atoms with Gasteiger partial charge in [-0.1, -0.05) is 11.6 Å². The lowest BCUT2D eigenvalue weighted by atomic mass is 10.1. The largest absolute Gasteiger partial charge is 0.471 e. The Bertz CT molecular complexity index is 974. The molecule has 0 spiro atoms. The Balaban J connectivity index is 1.70.